The summed E-state index contributed by atoms with van der Waals surface area (Å²) in [6.07, 6.45) is 0. The Kier molecular flexibility index (Phi) is 3.28. The van der Waals surface area contributed by atoms with Gasteiger partial charge in [0.1, 0.15) is 5.82 Å². The van der Waals surface area contributed by atoms with E-state index in [1.165, 1.54) is 10.9 Å². The van der Waals surface area contributed by atoms with Crippen molar-refractivity contribution in [1.82, 2.24) is 0 Å². The molecule has 2 rings (SSSR count). The van der Waals surface area contributed by atoms with E-state index in [1.54, 1.807) is 23.5 Å². The highest BCUT2D eigenvalue weighted by Crippen LogP contribution is 2.28. The highest BCUT2D eigenvalue weighted by atomic mass is 35.5. The molecule has 1 unspecified atom stereocenters. The monoisotopic (exact) mass is 255 g/mol. The highest BCUT2D eigenvalue weighted by molar-refractivity contribution is 7.12. The summed E-state index contributed by atoms with van der Waals surface area (Å²) in [5.74, 6) is -0.356. The second kappa shape index (κ2) is 4.53. The first kappa shape index (κ1) is 11.6. The Morgan fingerprint density at radius 3 is 2.62 bits per heavy atom. The van der Waals surface area contributed by atoms with Crippen molar-refractivity contribution in [1.29, 1.82) is 0 Å². The first-order valence-corrected chi connectivity index (χ1v) is 6.04. The molecule has 0 radical (unpaired) electrons. The van der Waals surface area contributed by atoms with Crippen LogP contribution < -0.4 is 5.73 Å². The zero-order chi connectivity index (χ0) is 11.7. The molecule has 4 heteroatoms. The van der Waals surface area contributed by atoms with Gasteiger partial charge in [0.05, 0.1) is 6.04 Å². The van der Waals surface area contributed by atoms with Crippen LogP contribution in [-0.4, -0.2) is 0 Å². The molecule has 0 aliphatic rings. The number of nitrogens with two attached hydrogens (primary N) is 1. The molecule has 0 fully saturated rings. The summed E-state index contributed by atoms with van der Waals surface area (Å²) in [6.45, 7) is 2.00. The maximum absolute atomic E-state index is 13.6. The Hall–Kier alpha value is -0.900. The van der Waals surface area contributed by atoms with Crippen molar-refractivity contribution in [2.45, 2.75) is 13.0 Å². The first-order valence-electron chi connectivity index (χ1n) is 4.85. The van der Waals surface area contributed by atoms with Gasteiger partial charge in [0.15, 0.2) is 0 Å². The lowest BCUT2D eigenvalue weighted by molar-refractivity contribution is 0.601. The van der Waals surface area contributed by atoms with E-state index in [2.05, 4.69) is 0 Å². The normalized spacial score (nSPS) is 12.8. The van der Waals surface area contributed by atoms with Crippen molar-refractivity contribution in [2.24, 2.45) is 5.73 Å². The summed E-state index contributed by atoms with van der Waals surface area (Å²) in [5, 5.41) is 0.385. The second-order valence-electron chi connectivity index (χ2n) is 3.59. The summed E-state index contributed by atoms with van der Waals surface area (Å²) in [5.41, 5.74) is 6.49. The number of thiophene rings is 1. The maximum Gasteiger partial charge on any atom is 0.129 e. The second-order valence-corrected chi connectivity index (χ2v) is 5.35. The fourth-order valence-corrected chi connectivity index (χ4v) is 2.58. The zero-order valence-corrected chi connectivity index (χ0v) is 10.3. The third-order valence-corrected chi connectivity index (χ3v) is 3.68. The third kappa shape index (κ3) is 2.26. The van der Waals surface area contributed by atoms with Gasteiger partial charge >= 0.3 is 0 Å². The van der Waals surface area contributed by atoms with Gasteiger partial charge in [0.25, 0.3) is 0 Å². The molecule has 2 N–H and O–H groups in total. The lowest BCUT2D eigenvalue weighted by atomic mass is 10.1. The number of hydrogen-bond acceptors (Lipinski definition) is 2. The fraction of sp³-hybridized carbons (Fsp3) is 0.167. The minimum absolute atomic E-state index is 0.356. The van der Waals surface area contributed by atoms with Gasteiger partial charge in [0, 0.05) is 20.3 Å². The molecule has 2 aromatic rings. The average Bonchev–Trinajstić information content (AvgIpc) is 2.64. The molecule has 84 valence electrons. The standard InChI is InChI=1S/C12H11ClFNS/c1-7-2-5-11(16-7)12(15)9-4-3-8(13)6-10(9)14/h2-6,12H,15H2,1H3. The van der Waals surface area contributed by atoms with Crippen molar-refractivity contribution in [3.63, 3.8) is 0 Å². The third-order valence-electron chi connectivity index (χ3n) is 2.37. The summed E-state index contributed by atoms with van der Waals surface area (Å²) in [6, 6.07) is 8.07. The van der Waals surface area contributed by atoms with E-state index in [1.807, 2.05) is 19.1 Å². The average molecular weight is 256 g/mol. The molecular formula is C12H11ClFNS. The van der Waals surface area contributed by atoms with Crippen LogP contribution in [0.4, 0.5) is 4.39 Å². The molecule has 0 saturated heterocycles. The summed E-state index contributed by atoms with van der Waals surface area (Å²) < 4.78 is 13.6. The van der Waals surface area contributed by atoms with E-state index in [0.29, 0.717) is 10.6 Å². The number of hydrogen-bond donors (Lipinski definition) is 1. The quantitative estimate of drug-likeness (QED) is 0.866. The van der Waals surface area contributed by atoms with E-state index in [9.17, 15) is 4.39 Å². The van der Waals surface area contributed by atoms with Crippen LogP contribution in [0.25, 0.3) is 0 Å². The molecule has 0 spiro atoms. The number of aryl methyl sites for hydroxylation is 1. The predicted molar refractivity (Wildman–Crippen MR) is 66.5 cm³/mol. The number of rotatable bonds is 2. The molecule has 1 nitrogen and oxygen atoms in total. The topological polar surface area (TPSA) is 26.0 Å². The van der Waals surface area contributed by atoms with E-state index >= 15 is 0 Å². The number of benzene rings is 1. The molecule has 0 bridgehead atoms. The van der Waals surface area contributed by atoms with Crippen LogP contribution in [-0.2, 0) is 0 Å². The van der Waals surface area contributed by atoms with Crippen LogP contribution in [0.1, 0.15) is 21.4 Å². The molecule has 0 aliphatic carbocycles. The van der Waals surface area contributed by atoms with Gasteiger partial charge < -0.3 is 5.73 Å². The summed E-state index contributed by atoms with van der Waals surface area (Å²) in [7, 11) is 0. The molecule has 0 aliphatic heterocycles. The van der Waals surface area contributed by atoms with Gasteiger partial charge in [-0.1, -0.05) is 17.7 Å². The smallest absolute Gasteiger partial charge is 0.129 e. The molecular weight excluding hydrogens is 245 g/mol. The molecule has 1 aromatic carbocycles. The summed E-state index contributed by atoms with van der Waals surface area (Å²) in [4.78, 5) is 2.12. The van der Waals surface area contributed by atoms with Gasteiger partial charge in [-0.15, -0.1) is 11.3 Å². The molecule has 0 saturated carbocycles. The lowest BCUT2D eigenvalue weighted by Crippen LogP contribution is -2.11. The van der Waals surface area contributed by atoms with Gasteiger partial charge in [-0.2, -0.15) is 0 Å². The maximum atomic E-state index is 13.6. The van der Waals surface area contributed by atoms with E-state index < -0.39 is 6.04 Å². The first-order chi connectivity index (χ1) is 7.58. The Morgan fingerprint density at radius 1 is 1.31 bits per heavy atom. The largest absolute Gasteiger partial charge is 0.320 e. The van der Waals surface area contributed by atoms with Crippen LogP contribution in [0.2, 0.25) is 5.02 Å². The Bertz CT molecular complexity index is 509. The van der Waals surface area contributed by atoms with Crippen LogP contribution >= 0.6 is 22.9 Å². The van der Waals surface area contributed by atoms with Gasteiger partial charge in [-0.3, -0.25) is 0 Å². The predicted octanol–water partition coefficient (Wildman–Crippen LogP) is 3.90. The van der Waals surface area contributed by atoms with Gasteiger partial charge in [-0.25, -0.2) is 4.39 Å². The van der Waals surface area contributed by atoms with Crippen LogP contribution in [0.15, 0.2) is 30.3 Å². The van der Waals surface area contributed by atoms with Crippen molar-refractivity contribution >= 4 is 22.9 Å². The minimum atomic E-state index is -0.420. The molecule has 1 atom stereocenters. The zero-order valence-electron chi connectivity index (χ0n) is 8.71. The fourth-order valence-electron chi connectivity index (χ4n) is 1.53. The van der Waals surface area contributed by atoms with Gasteiger partial charge in [0.2, 0.25) is 0 Å². The van der Waals surface area contributed by atoms with Crippen LogP contribution in [0.3, 0.4) is 0 Å². The van der Waals surface area contributed by atoms with Crippen molar-refractivity contribution in [3.8, 4) is 0 Å². The molecule has 1 aromatic heterocycles. The van der Waals surface area contributed by atoms with Crippen LogP contribution in [0.5, 0.6) is 0 Å². The lowest BCUT2D eigenvalue weighted by Gasteiger charge is -2.11. The Labute approximate surface area is 103 Å². The van der Waals surface area contributed by atoms with Crippen molar-refractivity contribution in [2.75, 3.05) is 0 Å². The Morgan fingerprint density at radius 2 is 2.06 bits per heavy atom. The Balaban J connectivity index is 2.37. The minimum Gasteiger partial charge on any atom is -0.320 e. The van der Waals surface area contributed by atoms with Crippen LogP contribution in [0, 0.1) is 12.7 Å². The highest BCUT2D eigenvalue weighted by Gasteiger charge is 2.15. The van der Waals surface area contributed by atoms with E-state index in [-0.39, 0.29) is 5.82 Å². The number of halogens is 2. The SMILES string of the molecule is Cc1ccc(C(N)c2ccc(Cl)cc2F)s1. The molecule has 0 amide bonds. The summed E-state index contributed by atoms with van der Waals surface area (Å²) >= 11 is 7.27. The van der Waals surface area contributed by atoms with Crippen molar-refractivity contribution in [3.05, 3.63) is 56.5 Å². The van der Waals surface area contributed by atoms with E-state index in [0.717, 1.165) is 4.88 Å². The van der Waals surface area contributed by atoms with Crippen molar-refractivity contribution < 1.29 is 4.39 Å². The van der Waals surface area contributed by atoms with Gasteiger partial charge in [-0.05, 0) is 31.2 Å². The molecule has 16 heavy (non-hydrogen) atoms. The molecule has 1 heterocycles. The van der Waals surface area contributed by atoms with E-state index in [4.69, 9.17) is 17.3 Å².